The molecular weight excluding hydrogens is 364 g/mol. The van der Waals surface area contributed by atoms with Gasteiger partial charge in [-0.1, -0.05) is 0 Å². The highest BCUT2D eigenvalue weighted by atomic mass is 19.4. The molecular formula is C10H10F12O. The lowest BCUT2D eigenvalue weighted by molar-refractivity contribution is -0.212. The first-order valence-electron chi connectivity index (χ1n) is 5.71. The molecule has 0 aliphatic heterocycles. The van der Waals surface area contributed by atoms with E-state index < -0.39 is 62.6 Å². The van der Waals surface area contributed by atoms with Crippen molar-refractivity contribution in [3.05, 3.63) is 0 Å². The zero-order chi connectivity index (χ0) is 18.7. The summed E-state index contributed by atoms with van der Waals surface area (Å²) in [6.07, 6.45) is -23.4. The van der Waals surface area contributed by atoms with Crippen LogP contribution in [0.4, 0.5) is 52.7 Å². The van der Waals surface area contributed by atoms with E-state index in [1.807, 2.05) is 0 Å². The molecule has 2 atom stereocenters. The number of hydrogen-bond donors (Lipinski definition) is 0. The van der Waals surface area contributed by atoms with E-state index in [1.54, 1.807) is 0 Å². The van der Waals surface area contributed by atoms with Crippen LogP contribution in [0.5, 0.6) is 0 Å². The van der Waals surface area contributed by atoms with Crippen LogP contribution in [0, 0.1) is 0 Å². The highest BCUT2D eigenvalue weighted by Gasteiger charge is 2.50. The Morgan fingerprint density at radius 2 is 0.826 bits per heavy atom. The summed E-state index contributed by atoms with van der Waals surface area (Å²) >= 11 is 0. The van der Waals surface area contributed by atoms with Gasteiger partial charge in [-0.25, -0.2) is 26.3 Å². The first-order chi connectivity index (χ1) is 9.96. The molecule has 0 rings (SSSR count). The van der Waals surface area contributed by atoms with Gasteiger partial charge in [-0.15, -0.1) is 0 Å². The van der Waals surface area contributed by atoms with Crippen molar-refractivity contribution in [3.8, 4) is 0 Å². The fourth-order valence-corrected chi connectivity index (χ4v) is 1.21. The Labute approximate surface area is 121 Å². The summed E-state index contributed by atoms with van der Waals surface area (Å²) in [4.78, 5) is 0. The molecule has 0 saturated heterocycles. The number of halogens is 12. The van der Waals surface area contributed by atoms with Gasteiger partial charge in [0.15, 0.2) is 12.3 Å². The average molecular weight is 374 g/mol. The van der Waals surface area contributed by atoms with Crippen molar-refractivity contribution in [3.63, 3.8) is 0 Å². The van der Waals surface area contributed by atoms with Gasteiger partial charge in [0.2, 0.25) is 0 Å². The molecule has 0 heterocycles. The SMILES string of the molecule is FC(CC(F)(F)F)C(F)(F)COCC(F)(F)C(F)CC(F)(F)F. The fourth-order valence-electron chi connectivity index (χ4n) is 1.21. The molecule has 0 spiro atoms. The third-order valence-electron chi connectivity index (χ3n) is 2.33. The molecule has 0 aromatic rings. The maximum atomic E-state index is 12.9. The highest BCUT2D eigenvalue weighted by molar-refractivity contribution is 4.82. The molecule has 0 aromatic carbocycles. The summed E-state index contributed by atoms with van der Waals surface area (Å²) < 4.78 is 151. The minimum Gasteiger partial charge on any atom is -0.369 e. The molecule has 0 fully saturated rings. The van der Waals surface area contributed by atoms with Crippen LogP contribution >= 0.6 is 0 Å². The molecule has 0 saturated carbocycles. The fraction of sp³-hybridized carbons (Fsp3) is 1.00. The second kappa shape index (κ2) is 7.34. The molecule has 2 unspecified atom stereocenters. The summed E-state index contributed by atoms with van der Waals surface area (Å²) in [5.74, 6) is -9.66. The topological polar surface area (TPSA) is 9.23 Å². The molecule has 13 heteroatoms. The van der Waals surface area contributed by atoms with Crippen LogP contribution in [0.1, 0.15) is 12.8 Å². The third kappa shape index (κ3) is 9.11. The Kier molecular flexibility index (Phi) is 7.06. The number of ether oxygens (including phenoxy) is 1. The van der Waals surface area contributed by atoms with Crippen LogP contribution in [0.25, 0.3) is 0 Å². The van der Waals surface area contributed by atoms with E-state index in [9.17, 15) is 52.7 Å². The normalized spacial score (nSPS) is 17.2. The van der Waals surface area contributed by atoms with Gasteiger partial charge < -0.3 is 4.74 Å². The van der Waals surface area contributed by atoms with Crippen LogP contribution in [0.3, 0.4) is 0 Å². The molecule has 0 aromatic heterocycles. The Morgan fingerprint density at radius 1 is 0.565 bits per heavy atom. The molecule has 23 heavy (non-hydrogen) atoms. The van der Waals surface area contributed by atoms with Crippen LogP contribution in [0.15, 0.2) is 0 Å². The zero-order valence-corrected chi connectivity index (χ0v) is 10.9. The predicted octanol–water partition coefficient (Wildman–Crippen LogP) is 4.85. The number of hydrogen-bond acceptors (Lipinski definition) is 1. The smallest absolute Gasteiger partial charge is 0.369 e. The summed E-state index contributed by atoms with van der Waals surface area (Å²) in [7, 11) is 0. The Hall–Kier alpha value is -0.880. The van der Waals surface area contributed by atoms with Gasteiger partial charge in [-0.3, -0.25) is 0 Å². The maximum absolute atomic E-state index is 12.9. The van der Waals surface area contributed by atoms with E-state index in [1.165, 1.54) is 0 Å². The zero-order valence-electron chi connectivity index (χ0n) is 10.9. The van der Waals surface area contributed by atoms with Gasteiger partial charge in [0, 0.05) is 0 Å². The summed E-state index contributed by atoms with van der Waals surface area (Å²) in [5, 5.41) is 0. The van der Waals surface area contributed by atoms with Crippen molar-refractivity contribution in [1.82, 2.24) is 0 Å². The lowest BCUT2D eigenvalue weighted by Gasteiger charge is -2.25. The van der Waals surface area contributed by atoms with Crippen LogP contribution < -0.4 is 0 Å². The molecule has 1 nitrogen and oxygen atoms in total. The first kappa shape index (κ1) is 22.1. The third-order valence-corrected chi connectivity index (χ3v) is 2.33. The molecule has 0 aliphatic carbocycles. The molecule has 0 amide bonds. The van der Waals surface area contributed by atoms with E-state index in [-0.39, 0.29) is 0 Å². The van der Waals surface area contributed by atoms with Crippen LogP contribution in [-0.2, 0) is 4.74 Å². The van der Waals surface area contributed by atoms with Crippen molar-refractivity contribution in [1.29, 1.82) is 0 Å². The molecule has 0 radical (unpaired) electrons. The number of rotatable bonds is 8. The molecule has 0 aliphatic rings. The van der Waals surface area contributed by atoms with Crippen molar-refractivity contribution in [2.24, 2.45) is 0 Å². The van der Waals surface area contributed by atoms with E-state index in [2.05, 4.69) is 4.74 Å². The minimum absolute atomic E-state index is 2.28. The van der Waals surface area contributed by atoms with Gasteiger partial charge >= 0.3 is 24.2 Å². The highest BCUT2D eigenvalue weighted by Crippen LogP contribution is 2.34. The first-order valence-corrected chi connectivity index (χ1v) is 5.71. The van der Waals surface area contributed by atoms with Gasteiger partial charge in [0.25, 0.3) is 0 Å². The summed E-state index contributed by atoms with van der Waals surface area (Å²) in [6, 6.07) is 0. The van der Waals surface area contributed by atoms with Gasteiger partial charge in [-0.05, 0) is 0 Å². The van der Waals surface area contributed by atoms with Gasteiger partial charge in [0.1, 0.15) is 13.2 Å². The van der Waals surface area contributed by atoms with E-state index in [0.717, 1.165) is 0 Å². The maximum Gasteiger partial charge on any atom is 0.392 e. The average Bonchev–Trinajstić information content (AvgIpc) is 2.23. The Bertz CT molecular complexity index is 326. The van der Waals surface area contributed by atoms with Gasteiger partial charge in [0.05, 0.1) is 12.8 Å². The van der Waals surface area contributed by atoms with Crippen molar-refractivity contribution >= 4 is 0 Å². The van der Waals surface area contributed by atoms with Gasteiger partial charge in [-0.2, -0.15) is 26.3 Å². The Morgan fingerprint density at radius 3 is 1.04 bits per heavy atom. The largest absolute Gasteiger partial charge is 0.392 e. The molecule has 0 bridgehead atoms. The van der Waals surface area contributed by atoms with Crippen molar-refractivity contribution in [2.45, 2.75) is 49.4 Å². The predicted molar refractivity (Wildman–Crippen MR) is 51.8 cm³/mol. The second-order valence-electron chi connectivity index (χ2n) is 4.59. The Balaban J connectivity index is 4.51. The molecule has 0 N–H and O–H groups in total. The lowest BCUT2D eigenvalue weighted by Crippen LogP contribution is -2.42. The lowest BCUT2D eigenvalue weighted by atomic mass is 10.1. The van der Waals surface area contributed by atoms with Crippen LogP contribution in [0.2, 0.25) is 0 Å². The van der Waals surface area contributed by atoms with E-state index in [0.29, 0.717) is 0 Å². The standard InChI is InChI=1S/C10H10F12O/c11-5(1-9(17,18)19)7(13,14)3-23-4-8(15,16)6(12)2-10(20,21)22/h5-6H,1-4H2. The van der Waals surface area contributed by atoms with E-state index >= 15 is 0 Å². The summed E-state index contributed by atoms with van der Waals surface area (Å²) in [6.45, 7) is -4.56. The second-order valence-corrected chi connectivity index (χ2v) is 4.59. The van der Waals surface area contributed by atoms with E-state index in [4.69, 9.17) is 0 Å². The molecule has 140 valence electrons. The van der Waals surface area contributed by atoms with Crippen molar-refractivity contribution in [2.75, 3.05) is 13.2 Å². The van der Waals surface area contributed by atoms with Crippen molar-refractivity contribution < 1.29 is 57.4 Å². The number of alkyl halides is 12. The minimum atomic E-state index is -5.30. The quantitative estimate of drug-likeness (QED) is 0.552. The summed E-state index contributed by atoms with van der Waals surface area (Å²) in [5.41, 5.74) is 0. The van der Waals surface area contributed by atoms with Crippen LogP contribution in [-0.4, -0.2) is 49.8 Å². The monoisotopic (exact) mass is 374 g/mol.